The van der Waals surface area contributed by atoms with Crippen molar-refractivity contribution < 1.29 is 4.42 Å². The number of halogens is 2. The van der Waals surface area contributed by atoms with Crippen LogP contribution >= 0.6 is 27.5 Å². The van der Waals surface area contributed by atoms with Crippen molar-refractivity contribution >= 4 is 38.5 Å². The molecule has 17 heavy (non-hydrogen) atoms. The molecule has 1 heterocycles. The van der Waals surface area contributed by atoms with Gasteiger partial charge in [0.25, 0.3) is 0 Å². The molecule has 2 rings (SSSR count). The Morgan fingerprint density at radius 3 is 2.71 bits per heavy atom. The van der Waals surface area contributed by atoms with Gasteiger partial charge in [0.1, 0.15) is 5.76 Å². The molecule has 0 aliphatic rings. The molecular formula is C13H15BrClNO. The van der Waals surface area contributed by atoms with Gasteiger partial charge in [0.15, 0.2) is 5.58 Å². The van der Waals surface area contributed by atoms with Crippen molar-refractivity contribution in [1.29, 1.82) is 0 Å². The minimum Gasteiger partial charge on any atom is -0.458 e. The van der Waals surface area contributed by atoms with Gasteiger partial charge >= 0.3 is 0 Å². The molecule has 0 saturated carbocycles. The van der Waals surface area contributed by atoms with Crippen molar-refractivity contribution in [3.05, 3.63) is 33.0 Å². The summed E-state index contributed by atoms with van der Waals surface area (Å²) in [5.74, 6) is 1.38. The molecule has 4 heteroatoms. The smallest absolute Gasteiger partial charge is 0.154 e. The van der Waals surface area contributed by atoms with Crippen LogP contribution in [0.1, 0.15) is 25.2 Å². The normalized spacial score (nSPS) is 11.6. The van der Waals surface area contributed by atoms with Gasteiger partial charge in [-0.3, -0.25) is 0 Å². The van der Waals surface area contributed by atoms with Gasteiger partial charge in [-0.15, -0.1) is 0 Å². The highest BCUT2D eigenvalue weighted by atomic mass is 79.9. The van der Waals surface area contributed by atoms with E-state index in [4.69, 9.17) is 21.8 Å². The highest BCUT2D eigenvalue weighted by molar-refractivity contribution is 9.10. The zero-order valence-corrected chi connectivity index (χ0v) is 12.2. The van der Waals surface area contributed by atoms with Crippen LogP contribution in [-0.4, -0.2) is 0 Å². The summed E-state index contributed by atoms with van der Waals surface area (Å²) in [6, 6.07) is 3.78. The van der Waals surface area contributed by atoms with E-state index in [2.05, 4.69) is 29.8 Å². The molecule has 0 radical (unpaired) electrons. The zero-order valence-electron chi connectivity index (χ0n) is 9.89. The molecule has 2 N–H and O–H groups in total. The van der Waals surface area contributed by atoms with Gasteiger partial charge in [0, 0.05) is 15.4 Å². The fraction of sp³-hybridized carbons (Fsp3) is 0.385. The standard InChI is InChI=1S/C13H15BrClNO/c1-7(2)5-8-11(6-16)17-13-10(15)4-3-9(14)12(8)13/h3-4,7H,5-6,16H2,1-2H3. The predicted octanol–water partition coefficient (Wildman–Crippen LogP) is 4.51. The van der Waals surface area contributed by atoms with Crippen LogP contribution in [0.3, 0.4) is 0 Å². The molecule has 2 aromatic rings. The molecule has 1 aromatic heterocycles. The lowest BCUT2D eigenvalue weighted by atomic mass is 10.00. The molecule has 0 saturated heterocycles. The Balaban J connectivity index is 2.73. The lowest BCUT2D eigenvalue weighted by molar-refractivity contribution is 0.536. The number of furan rings is 1. The van der Waals surface area contributed by atoms with Crippen LogP contribution in [-0.2, 0) is 13.0 Å². The lowest BCUT2D eigenvalue weighted by Crippen LogP contribution is -2.01. The first-order valence-corrected chi connectivity index (χ1v) is 6.80. The quantitative estimate of drug-likeness (QED) is 0.905. The van der Waals surface area contributed by atoms with Crippen LogP contribution in [0.25, 0.3) is 11.0 Å². The van der Waals surface area contributed by atoms with Crippen LogP contribution in [0.15, 0.2) is 21.0 Å². The second kappa shape index (κ2) is 5.01. The van der Waals surface area contributed by atoms with E-state index in [1.807, 2.05) is 12.1 Å². The van der Waals surface area contributed by atoms with E-state index in [1.165, 1.54) is 5.56 Å². The third-order valence-electron chi connectivity index (χ3n) is 2.72. The van der Waals surface area contributed by atoms with Crippen LogP contribution in [0, 0.1) is 5.92 Å². The monoisotopic (exact) mass is 315 g/mol. The zero-order chi connectivity index (χ0) is 12.6. The SMILES string of the molecule is CC(C)Cc1c(CN)oc2c(Cl)ccc(Br)c12. The predicted molar refractivity (Wildman–Crippen MR) is 75.4 cm³/mol. The maximum absolute atomic E-state index is 6.15. The number of nitrogens with two attached hydrogens (primary N) is 1. The largest absolute Gasteiger partial charge is 0.458 e. The van der Waals surface area contributed by atoms with E-state index < -0.39 is 0 Å². The van der Waals surface area contributed by atoms with E-state index in [9.17, 15) is 0 Å². The summed E-state index contributed by atoms with van der Waals surface area (Å²) in [5.41, 5.74) is 7.64. The summed E-state index contributed by atoms with van der Waals surface area (Å²) in [4.78, 5) is 0. The van der Waals surface area contributed by atoms with E-state index in [0.717, 1.165) is 27.6 Å². The molecule has 1 aromatic carbocycles. The highest BCUT2D eigenvalue weighted by Crippen LogP contribution is 2.37. The van der Waals surface area contributed by atoms with Crippen LogP contribution in [0.5, 0.6) is 0 Å². The summed E-state index contributed by atoms with van der Waals surface area (Å²) < 4.78 is 6.78. The number of rotatable bonds is 3. The van der Waals surface area contributed by atoms with Crippen molar-refractivity contribution in [2.45, 2.75) is 26.8 Å². The van der Waals surface area contributed by atoms with E-state index in [-0.39, 0.29) is 0 Å². The Kier molecular flexibility index (Phi) is 3.81. The van der Waals surface area contributed by atoms with Crippen LogP contribution < -0.4 is 5.73 Å². The Morgan fingerprint density at radius 2 is 2.12 bits per heavy atom. The highest BCUT2D eigenvalue weighted by Gasteiger charge is 2.18. The van der Waals surface area contributed by atoms with E-state index in [0.29, 0.717) is 17.5 Å². The number of benzene rings is 1. The van der Waals surface area contributed by atoms with Crippen molar-refractivity contribution in [2.24, 2.45) is 11.7 Å². The Labute approximate surface area is 114 Å². The minimum atomic E-state index is 0.402. The number of hydrogen-bond acceptors (Lipinski definition) is 2. The van der Waals surface area contributed by atoms with Gasteiger partial charge in [-0.25, -0.2) is 0 Å². The third kappa shape index (κ3) is 2.37. The fourth-order valence-corrected chi connectivity index (χ4v) is 2.78. The second-order valence-electron chi connectivity index (χ2n) is 4.54. The summed E-state index contributed by atoms with van der Waals surface area (Å²) in [7, 11) is 0. The van der Waals surface area contributed by atoms with Crippen molar-refractivity contribution in [2.75, 3.05) is 0 Å². The average Bonchev–Trinajstić information content (AvgIpc) is 2.63. The first kappa shape index (κ1) is 12.9. The molecule has 0 unspecified atom stereocenters. The lowest BCUT2D eigenvalue weighted by Gasteiger charge is -2.05. The first-order valence-electron chi connectivity index (χ1n) is 5.63. The maximum atomic E-state index is 6.15. The topological polar surface area (TPSA) is 39.2 Å². The van der Waals surface area contributed by atoms with Crippen molar-refractivity contribution in [1.82, 2.24) is 0 Å². The van der Waals surface area contributed by atoms with Crippen molar-refractivity contribution in [3.63, 3.8) is 0 Å². The molecule has 0 fully saturated rings. The van der Waals surface area contributed by atoms with Crippen LogP contribution in [0.2, 0.25) is 5.02 Å². The molecule has 0 aliphatic heterocycles. The van der Waals surface area contributed by atoms with Gasteiger partial charge in [-0.1, -0.05) is 41.4 Å². The summed E-state index contributed by atoms with van der Waals surface area (Å²) in [6.45, 7) is 4.76. The molecule has 0 amide bonds. The molecule has 0 bridgehead atoms. The Bertz CT molecular complexity index is 548. The number of fused-ring (bicyclic) bond motifs is 1. The molecule has 92 valence electrons. The molecule has 0 spiro atoms. The van der Waals surface area contributed by atoms with Gasteiger partial charge in [0.2, 0.25) is 0 Å². The molecule has 0 atom stereocenters. The summed E-state index contributed by atoms with van der Waals surface area (Å²) in [6.07, 6.45) is 0.943. The summed E-state index contributed by atoms with van der Waals surface area (Å²) in [5, 5.41) is 1.69. The van der Waals surface area contributed by atoms with Gasteiger partial charge in [-0.2, -0.15) is 0 Å². The molecule has 2 nitrogen and oxygen atoms in total. The maximum Gasteiger partial charge on any atom is 0.154 e. The Hall–Kier alpha value is -0.510. The second-order valence-corrected chi connectivity index (χ2v) is 5.80. The average molecular weight is 317 g/mol. The van der Waals surface area contributed by atoms with Crippen LogP contribution in [0.4, 0.5) is 0 Å². The minimum absolute atomic E-state index is 0.402. The van der Waals surface area contributed by atoms with Gasteiger partial charge in [0.05, 0.1) is 11.6 Å². The van der Waals surface area contributed by atoms with Crippen molar-refractivity contribution in [3.8, 4) is 0 Å². The number of hydrogen-bond donors (Lipinski definition) is 1. The molecular weight excluding hydrogens is 302 g/mol. The summed E-state index contributed by atoms with van der Waals surface area (Å²) >= 11 is 9.71. The first-order chi connectivity index (χ1) is 8.04. The third-order valence-corrected chi connectivity index (χ3v) is 3.68. The fourth-order valence-electron chi connectivity index (χ4n) is 2.03. The van der Waals surface area contributed by atoms with Gasteiger partial charge in [-0.05, 0) is 24.5 Å². The van der Waals surface area contributed by atoms with Gasteiger partial charge < -0.3 is 10.2 Å². The Morgan fingerprint density at radius 1 is 1.41 bits per heavy atom. The molecule has 0 aliphatic carbocycles. The van der Waals surface area contributed by atoms with E-state index in [1.54, 1.807) is 0 Å². The van der Waals surface area contributed by atoms with E-state index >= 15 is 0 Å².